The predicted octanol–water partition coefficient (Wildman–Crippen LogP) is 2.90. The van der Waals surface area contributed by atoms with E-state index in [0.717, 1.165) is 19.3 Å². The molecular weight excluding hydrogens is 236 g/mol. The molecule has 2 unspecified atom stereocenters. The minimum Gasteiger partial charge on any atom is -0.323 e. The lowest BCUT2D eigenvalue weighted by Gasteiger charge is -2.34. The van der Waals surface area contributed by atoms with Crippen LogP contribution in [0.25, 0.3) is 0 Å². The van der Waals surface area contributed by atoms with Crippen LogP contribution in [-0.2, 0) is 4.79 Å². The Kier molecular flexibility index (Phi) is 3.36. The van der Waals surface area contributed by atoms with E-state index in [9.17, 15) is 4.79 Å². The molecular formula is C16H28N2O. The highest BCUT2D eigenvalue weighted by molar-refractivity contribution is 5.92. The second kappa shape index (κ2) is 4.76. The van der Waals surface area contributed by atoms with E-state index in [1.54, 1.807) is 0 Å². The zero-order valence-corrected chi connectivity index (χ0v) is 12.6. The Labute approximate surface area is 117 Å². The largest absolute Gasteiger partial charge is 0.323 e. The van der Waals surface area contributed by atoms with Gasteiger partial charge in [0.05, 0.1) is 11.7 Å². The first-order chi connectivity index (χ1) is 9.03. The SMILES string of the molecule is CC(C)CC(C)N1C(=O)C2(CC2)NC1C1CCCC1. The maximum atomic E-state index is 12.7. The summed E-state index contributed by atoms with van der Waals surface area (Å²) in [7, 11) is 0. The summed E-state index contributed by atoms with van der Waals surface area (Å²) in [6, 6.07) is 0.380. The number of amides is 1. The van der Waals surface area contributed by atoms with Crippen LogP contribution in [0.15, 0.2) is 0 Å². The van der Waals surface area contributed by atoms with Crippen molar-refractivity contribution in [1.29, 1.82) is 0 Å². The fourth-order valence-electron chi connectivity index (χ4n) is 4.16. The third-order valence-electron chi connectivity index (χ3n) is 5.25. The Balaban J connectivity index is 1.78. The van der Waals surface area contributed by atoms with Crippen molar-refractivity contribution < 1.29 is 4.79 Å². The van der Waals surface area contributed by atoms with Crippen molar-refractivity contribution in [2.75, 3.05) is 0 Å². The average Bonchev–Trinajstić information content (AvgIpc) is 2.82. The van der Waals surface area contributed by atoms with Crippen LogP contribution in [0.1, 0.15) is 65.7 Å². The second-order valence-corrected chi connectivity index (χ2v) is 7.41. The number of nitrogens with one attached hydrogen (secondary N) is 1. The first-order valence-electron chi connectivity index (χ1n) is 8.14. The monoisotopic (exact) mass is 264 g/mol. The summed E-state index contributed by atoms with van der Waals surface area (Å²) in [6.45, 7) is 6.74. The summed E-state index contributed by atoms with van der Waals surface area (Å²) in [5.41, 5.74) is -0.140. The van der Waals surface area contributed by atoms with Gasteiger partial charge in [0.25, 0.3) is 0 Å². The molecule has 3 aliphatic rings. The molecule has 2 atom stereocenters. The Morgan fingerprint density at radius 1 is 1.26 bits per heavy atom. The molecule has 1 spiro atoms. The lowest BCUT2D eigenvalue weighted by atomic mass is 9.99. The van der Waals surface area contributed by atoms with Gasteiger partial charge in [-0.2, -0.15) is 0 Å². The van der Waals surface area contributed by atoms with E-state index in [-0.39, 0.29) is 5.54 Å². The number of rotatable bonds is 4. The van der Waals surface area contributed by atoms with Crippen molar-refractivity contribution in [2.24, 2.45) is 11.8 Å². The van der Waals surface area contributed by atoms with E-state index in [2.05, 4.69) is 31.0 Å². The third-order valence-corrected chi connectivity index (χ3v) is 5.25. The van der Waals surface area contributed by atoms with Crippen molar-refractivity contribution >= 4 is 5.91 Å². The van der Waals surface area contributed by atoms with Crippen LogP contribution in [0.4, 0.5) is 0 Å². The quantitative estimate of drug-likeness (QED) is 0.847. The van der Waals surface area contributed by atoms with Crippen LogP contribution < -0.4 is 5.32 Å². The topological polar surface area (TPSA) is 32.3 Å². The van der Waals surface area contributed by atoms with Crippen LogP contribution in [-0.4, -0.2) is 28.6 Å². The fourth-order valence-corrected chi connectivity index (χ4v) is 4.16. The number of nitrogens with zero attached hydrogens (tertiary/aromatic N) is 1. The van der Waals surface area contributed by atoms with Crippen LogP contribution in [0.3, 0.4) is 0 Å². The Bertz CT molecular complexity index is 356. The van der Waals surface area contributed by atoms with E-state index < -0.39 is 0 Å². The van der Waals surface area contributed by atoms with Crippen LogP contribution in [0, 0.1) is 11.8 Å². The van der Waals surface area contributed by atoms with Gasteiger partial charge in [0.2, 0.25) is 5.91 Å². The highest BCUT2D eigenvalue weighted by atomic mass is 16.2. The number of carbonyl (C=O) groups excluding carboxylic acids is 1. The summed E-state index contributed by atoms with van der Waals surface area (Å²) in [4.78, 5) is 15.0. The molecule has 2 saturated carbocycles. The molecule has 1 aliphatic heterocycles. The summed E-state index contributed by atoms with van der Waals surface area (Å²) < 4.78 is 0. The maximum Gasteiger partial charge on any atom is 0.244 e. The summed E-state index contributed by atoms with van der Waals surface area (Å²) >= 11 is 0. The minimum absolute atomic E-state index is 0.140. The number of carbonyl (C=O) groups is 1. The fraction of sp³-hybridized carbons (Fsp3) is 0.938. The normalized spacial score (nSPS) is 31.7. The second-order valence-electron chi connectivity index (χ2n) is 7.41. The van der Waals surface area contributed by atoms with Gasteiger partial charge < -0.3 is 4.90 Å². The van der Waals surface area contributed by atoms with Gasteiger partial charge in [-0.3, -0.25) is 10.1 Å². The lowest BCUT2D eigenvalue weighted by molar-refractivity contribution is -0.133. The van der Waals surface area contributed by atoms with Gasteiger partial charge in [-0.1, -0.05) is 26.7 Å². The van der Waals surface area contributed by atoms with E-state index in [1.165, 1.54) is 25.7 Å². The highest BCUT2D eigenvalue weighted by Gasteiger charge is 2.61. The zero-order chi connectivity index (χ0) is 13.6. The van der Waals surface area contributed by atoms with Gasteiger partial charge in [-0.15, -0.1) is 0 Å². The molecule has 3 nitrogen and oxygen atoms in total. The van der Waals surface area contributed by atoms with E-state index in [1.807, 2.05) is 0 Å². The molecule has 3 heteroatoms. The summed E-state index contributed by atoms with van der Waals surface area (Å²) in [5.74, 6) is 1.75. The van der Waals surface area contributed by atoms with E-state index in [4.69, 9.17) is 0 Å². The van der Waals surface area contributed by atoms with Crippen LogP contribution in [0.5, 0.6) is 0 Å². The van der Waals surface area contributed by atoms with Gasteiger partial charge in [-0.05, 0) is 50.9 Å². The van der Waals surface area contributed by atoms with Gasteiger partial charge in [0.15, 0.2) is 0 Å². The molecule has 0 radical (unpaired) electrons. The Hall–Kier alpha value is -0.570. The highest BCUT2D eigenvalue weighted by Crippen LogP contribution is 2.46. The molecule has 0 aromatic rings. The average molecular weight is 264 g/mol. The van der Waals surface area contributed by atoms with Crippen molar-refractivity contribution in [1.82, 2.24) is 10.2 Å². The molecule has 1 heterocycles. The minimum atomic E-state index is -0.140. The molecule has 2 aliphatic carbocycles. The number of hydrogen-bond acceptors (Lipinski definition) is 2. The summed E-state index contributed by atoms with van der Waals surface area (Å²) in [6.07, 6.45) is 8.84. The van der Waals surface area contributed by atoms with Crippen molar-refractivity contribution in [3.8, 4) is 0 Å². The molecule has 3 rings (SSSR count). The first-order valence-corrected chi connectivity index (χ1v) is 8.14. The molecule has 108 valence electrons. The Morgan fingerprint density at radius 2 is 1.89 bits per heavy atom. The predicted molar refractivity (Wildman–Crippen MR) is 76.6 cm³/mol. The van der Waals surface area contributed by atoms with Gasteiger partial charge in [0.1, 0.15) is 0 Å². The zero-order valence-electron chi connectivity index (χ0n) is 12.6. The number of hydrogen-bond donors (Lipinski definition) is 1. The van der Waals surface area contributed by atoms with Crippen molar-refractivity contribution in [3.05, 3.63) is 0 Å². The molecule has 0 aromatic heterocycles. The molecule has 0 bridgehead atoms. The maximum absolute atomic E-state index is 12.7. The van der Waals surface area contributed by atoms with Gasteiger partial charge in [0, 0.05) is 6.04 Å². The lowest BCUT2D eigenvalue weighted by Crippen LogP contribution is -2.47. The van der Waals surface area contributed by atoms with Crippen LogP contribution >= 0.6 is 0 Å². The molecule has 19 heavy (non-hydrogen) atoms. The third kappa shape index (κ3) is 2.31. The molecule has 3 fully saturated rings. The smallest absolute Gasteiger partial charge is 0.244 e. The first kappa shape index (κ1) is 13.4. The van der Waals surface area contributed by atoms with Crippen molar-refractivity contribution in [2.45, 2.75) is 83.5 Å². The van der Waals surface area contributed by atoms with Crippen molar-refractivity contribution in [3.63, 3.8) is 0 Å². The molecule has 1 amide bonds. The molecule has 1 saturated heterocycles. The van der Waals surface area contributed by atoms with E-state index >= 15 is 0 Å². The van der Waals surface area contributed by atoms with E-state index in [0.29, 0.717) is 30.0 Å². The molecule has 0 aromatic carbocycles. The standard InChI is InChI=1S/C16H28N2O/c1-11(2)10-12(3)18-14(13-6-4-5-7-13)17-16(8-9-16)15(18)19/h11-14,17H,4-10H2,1-3H3. The van der Waals surface area contributed by atoms with Gasteiger partial charge >= 0.3 is 0 Å². The summed E-state index contributed by atoms with van der Waals surface area (Å²) in [5, 5.41) is 3.71. The van der Waals surface area contributed by atoms with Crippen LogP contribution in [0.2, 0.25) is 0 Å². The Morgan fingerprint density at radius 3 is 2.42 bits per heavy atom. The molecule has 1 N–H and O–H groups in total. The van der Waals surface area contributed by atoms with Gasteiger partial charge in [-0.25, -0.2) is 0 Å².